The monoisotopic (exact) mass is 423 g/mol. The summed E-state index contributed by atoms with van der Waals surface area (Å²) in [5.74, 6) is -0.370. The Bertz CT molecular complexity index is 942. The minimum Gasteiger partial charge on any atom is -0.393 e. The molecule has 0 saturated heterocycles. The zero-order valence-corrected chi connectivity index (χ0v) is 17.6. The van der Waals surface area contributed by atoms with Crippen molar-refractivity contribution in [1.82, 2.24) is 0 Å². The SMILES string of the molecule is CCOC[C@@]1(C(N)=S)[C@H](c2ccc(Cl)cc2)[C@@H]1S(=O)(=O)c1ccc(C)cc1. The van der Waals surface area contributed by atoms with E-state index >= 15 is 0 Å². The number of nitrogens with two attached hydrogens (primary N) is 1. The van der Waals surface area contributed by atoms with E-state index in [0.29, 0.717) is 11.6 Å². The Kier molecular flexibility index (Phi) is 5.64. The fourth-order valence-corrected chi connectivity index (χ4v) is 6.58. The standard InChI is InChI=1S/C20H22ClNO3S2/c1-3-25-12-20(19(22)26)17(14-6-8-15(21)9-7-14)18(20)27(23,24)16-10-4-13(2)5-11-16/h4-11,17-18H,3,12H2,1-2H3,(H2,22,26)/t17-,18+,20-/m1/s1. The minimum absolute atomic E-state index is 0.164. The lowest BCUT2D eigenvalue weighted by Crippen LogP contribution is -2.33. The summed E-state index contributed by atoms with van der Waals surface area (Å²) in [4.78, 5) is 0.434. The number of ether oxygens (including phenoxy) is 1. The van der Waals surface area contributed by atoms with Crippen molar-refractivity contribution < 1.29 is 13.2 Å². The molecule has 3 rings (SSSR count). The molecule has 4 nitrogen and oxygen atoms in total. The molecule has 0 radical (unpaired) electrons. The lowest BCUT2D eigenvalue weighted by atomic mass is 10.00. The molecule has 0 bridgehead atoms. The lowest BCUT2D eigenvalue weighted by molar-refractivity contribution is 0.121. The molecule has 3 atom stereocenters. The number of halogens is 1. The molecule has 0 heterocycles. The van der Waals surface area contributed by atoms with Crippen molar-refractivity contribution >= 4 is 38.6 Å². The summed E-state index contributed by atoms with van der Waals surface area (Å²) in [6, 6.07) is 14.0. The fourth-order valence-electron chi connectivity index (χ4n) is 3.69. The lowest BCUT2D eigenvalue weighted by Gasteiger charge is -2.17. The Morgan fingerprint density at radius 2 is 1.78 bits per heavy atom. The highest BCUT2D eigenvalue weighted by Gasteiger charge is 2.73. The van der Waals surface area contributed by atoms with Crippen molar-refractivity contribution in [1.29, 1.82) is 0 Å². The van der Waals surface area contributed by atoms with E-state index in [1.165, 1.54) is 0 Å². The first kappa shape index (κ1) is 20.3. The van der Waals surface area contributed by atoms with Gasteiger partial charge in [0.05, 0.1) is 27.2 Å². The van der Waals surface area contributed by atoms with Gasteiger partial charge in [-0.05, 0) is 43.7 Å². The summed E-state index contributed by atoms with van der Waals surface area (Å²) >= 11 is 11.3. The van der Waals surface area contributed by atoms with E-state index in [4.69, 9.17) is 34.3 Å². The maximum Gasteiger partial charge on any atom is 0.182 e. The van der Waals surface area contributed by atoms with Crippen LogP contribution in [-0.2, 0) is 14.6 Å². The summed E-state index contributed by atoms with van der Waals surface area (Å²) in [5, 5.41) is -0.180. The van der Waals surface area contributed by atoms with Crippen molar-refractivity contribution in [3.63, 3.8) is 0 Å². The van der Waals surface area contributed by atoms with Gasteiger partial charge in [-0.1, -0.05) is 53.6 Å². The maximum atomic E-state index is 13.4. The first-order valence-corrected chi connectivity index (χ1v) is 11.0. The Morgan fingerprint density at radius 3 is 2.30 bits per heavy atom. The van der Waals surface area contributed by atoms with E-state index in [9.17, 15) is 8.42 Å². The van der Waals surface area contributed by atoms with E-state index in [-0.39, 0.29) is 22.4 Å². The molecule has 1 aliphatic carbocycles. The van der Waals surface area contributed by atoms with Gasteiger partial charge >= 0.3 is 0 Å². The summed E-state index contributed by atoms with van der Waals surface area (Å²) in [7, 11) is -3.65. The average Bonchev–Trinajstić information content (AvgIpc) is 3.32. The normalized spacial score (nSPS) is 24.6. The maximum absolute atomic E-state index is 13.4. The van der Waals surface area contributed by atoms with Gasteiger partial charge in [0.25, 0.3) is 0 Å². The molecular formula is C20H22ClNO3S2. The van der Waals surface area contributed by atoms with E-state index < -0.39 is 20.5 Å². The Hall–Kier alpha value is -1.47. The van der Waals surface area contributed by atoms with Crippen LogP contribution in [0.3, 0.4) is 0 Å². The number of benzene rings is 2. The quantitative estimate of drug-likeness (QED) is 0.684. The first-order chi connectivity index (χ1) is 12.7. The van der Waals surface area contributed by atoms with Gasteiger partial charge in [0, 0.05) is 17.5 Å². The van der Waals surface area contributed by atoms with Crippen LogP contribution in [-0.4, -0.2) is 31.9 Å². The third kappa shape index (κ3) is 3.51. The van der Waals surface area contributed by atoms with Crippen molar-refractivity contribution in [2.75, 3.05) is 13.2 Å². The number of thiocarbonyl (C=S) groups is 1. The third-order valence-electron chi connectivity index (χ3n) is 5.17. The molecule has 0 spiro atoms. The molecule has 1 fully saturated rings. The molecule has 0 aliphatic heterocycles. The van der Waals surface area contributed by atoms with Crippen LogP contribution in [0, 0.1) is 12.3 Å². The van der Waals surface area contributed by atoms with Crippen molar-refractivity contribution in [2.24, 2.45) is 11.1 Å². The molecule has 1 saturated carbocycles. The Labute approximate surface area is 170 Å². The predicted octanol–water partition coefficient (Wildman–Crippen LogP) is 3.90. The molecule has 1 aliphatic rings. The highest BCUT2D eigenvalue weighted by Crippen LogP contribution is 2.64. The topological polar surface area (TPSA) is 69.4 Å². The highest BCUT2D eigenvalue weighted by atomic mass is 35.5. The number of rotatable bonds is 7. The number of hydrogen-bond donors (Lipinski definition) is 1. The van der Waals surface area contributed by atoms with Crippen molar-refractivity contribution in [2.45, 2.75) is 29.9 Å². The average molecular weight is 424 g/mol. The van der Waals surface area contributed by atoms with Gasteiger partial charge in [0.2, 0.25) is 0 Å². The highest BCUT2D eigenvalue weighted by molar-refractivity contribution is 7.92. The van der Waals surface area contributed by atoms with E-state index in [0.717, 1.165) is 11.1 Å². The van der Waals surface area contributed by atoms with Crippen molar-refractivity contribution in [3.8, 4) is 0 Å². The van der Waals surface area contributed by atoms with Gasteiger partial charge in [-0.15, -0.1) is 0 Å². The first-order valence-electron chi connectivity index (χ1n) is 8.69. The van der Waals surface area contributed by atoms with Crippen LogP contribution in [0.5, 0.6) is 0 Å². The number of sulfone groups is 1. The second kappa shape index (κ2) is 7.51. The molecular weight excluding hydrogens is 402 g/mol. The molecule has 2 aromatic rings. The van der Waals surface area contributed by atoms with E-state index in [1.807, 2.05) is 26.0 Å². The zero-order chi connectivity index (χ0) is 19.8. The summed E-state index contributed by atoms with van der Waals surface area (Å²) < 4.78 is 32.5. The molecule has 2 N–H and O–H groups in total. The summed E-state index contributed by atoms with van der Waals surface area (Å²) in [5.41, 5.74) is 6.99. The van der Waals surface area contributed by atoms with Crippen LogP contribution >= 0.6 is 23.8 Å². The minimum atomic E-state index is -3.65. The predicted molar refractivity (Wildman–Crippen MR) is 112 cm³/mol. The molecule has 7 heteroatoms. The zero-order valence-electron chi connectivity index (χ0n) is 15.2. The van der Waals surface area contributed by atoms with Crippen LogP contribution < -0.4 is 5.73 Å². The second-order valence-corrected chi connectivity index (χ2v) is 9.80. The van der Waals surface area contributed by atoms with E-state index in [1.54, 1.807) is 36.4 Å². The smallest absolute Gasteiger partial charge is 0.182 e. The third-order valence-corrected chi connectivity index (χ3v) is 8.10. The van der Waals surface area contributed by atoms with Crippen LogP contribution in [0.25, 0.3) is 0 Å². The molecule has 0 unspecified atom stereocenters. The van der Waals surface area contributed by atoms with Gasteiger partial charge in [0.1, 0.15) is 0 Å². The molecule has 2 aromatic carbocycles. The van der Waals surface area contributed by atoms with Gasteiger partial charge < -0.3 is 10.5 Å². The van der Waals surface area contributed by atoms with Gasteiger partial charge in [0.15, 0.2) is 9.84 Å². The van der Waals surface area contributed by atoms with Gasteiger partial charge in [-0.25, -0.2) is 8.42 Å². The van der Waals surface area contributed by atoms with Gasteiger partial charge in [-0.2, -0.15) is 0 Å². The van der Waals surface area contributed by atoms with Gasteiger partial charge in [-0.3, -0.25) is 0 Å². The van der Waals surface area contributed by atoms with Crippen LogP contribution in [0.2, 0.25) is 5.02 Å². The fraction of sp³-hybridized carbons (Fsp3) is 0.350. The number of hydrogen-bond acceptors (Lipinski definition) is 4. The molecule has 0 amide bonds. The molecule has 0 aromatic heterocycles. The largest absolute Gasteiger partial charge is 0.393 e. The van der Waals surface area contributed by atoms with E-state index in [2.05, 4.69) is 0 Å². The van der Waals surface area contributed by atoms with Crippen LogP contribution in [0.15, 0.2) is 53.4 Å². The Balaban J connectivity index is 2.10. The summed E-state index contributed by atoms with van der Waals surface area (Å²) in [6.07, 6.45) is 0. The number of aryl methyl sites for hydroxylation is 1. The second-order valence-electron chi connectivity index (χ2n) is 6.85. The molecule has 144 valence electrons. The van der Waals surface area contributed by atoms with Crippen LogP contribution in [0.4, 0.5) is 0 Å². The molecule has 27 heavy (non-hydrogen) atoms. The Morgan fingerprint density at radius 1 is 1.19 bits per heavy atom. The van der Waals surface area contributed by atoms with Crippen molar-refractivity contribution in [3.05, 3.63) is 64.7 Å². The summed E-state index contributed by atoms with van der Waals surface area (Å²) in [6.45, 7) is 4.39. The van der Waals surface area contributed by atoms with Crippen LogP contribution in [0.1, 0.15) is 24.0 Å².